The van der Waals surface area contributed by atoms with Crippen molar-refractivity contribution < 1.29 is 17.9 Å². The van der Waals surface area contributed by atoms with Crippen molar-refractivity contribution in [3.8, 4) is 5.75 Å². The lowest BCUT2D eigenvalue weighted by Gasteiger charge is -2.26. The molecule has 0 saturated carbocycles. The van der Waals surface area contributed by atoms with E-state index in [4.69, 9.17) is 10.5 Å². The summed E-state index contributed by atoms with van der Waals surface area (Å²) in [7, 11) is 1.56. The second-order valence-electron chi connectivity index (χ2n) is 4.73. The van der Waals surface area contributed by atoms with E-state index in [1.807, 2.05) is 6.92 Å². The van der Waals surface area contributed by atoms with Crippen molar-refractivity contribution in [1.82, 2.24) is 4.90 Å². The van der Waals surface area contributed by atoms with Crippen LogP contribution in [0.1, 0.15) is 24.9 Å². The van der Waals surface area contributed by atoms with Gasteiger partial charge in [-0.15, -0.1) is 0 Å². The molecule has 0 bridgehead atoms. The highest BCUT2D eigenvalue weighted by Gasteiger charge is 2.31. The van der Waals surface area contributed by atoms with Crippen LogP contribution in [0, 0.1) is 0 Å². The third kappa shape index (κ3) is 5.79. The monoisotopic (exact) mass is 290 g/mol. The predicted molar refractivity (Wildman–Crippen MR) is 72.7 cm³/mol. The highest BCUT2D eigenvalue weighted by molar-refractivity contribution is 5.29. The molecule has 3 nitrogen and oxygen atoms in total. The summed E-state index contributed by atoms with van der Waals surface area (Å²) in [5, 5.41) is 0. The Morgan fingerprint density at radius 2 is 1.85 bits per heavy atom. The van der Waals surface area contributed by atoms with Crippen LogP contribution in [0.4, 0.5) is 13.2 Å². The van der Waals surface area contributed by atoms with Crippen LogP contribution in [0.3, 0.4) is 0 Å². The summed E-state index contributed by atoms with van der Waals surface area (Å²) in [5.74, 6) is 0.696. The molecule has 6 heteroatoms. The van der Waals surface area contributed by atoms with Gasteiger partial charge in [0.15, 0.2) is 0 Å². The number of alkyl halides is 3. The maximum Gasteiger partial charge on any atom is 0.401 e. The van der Waals surface area contributed by atoms with E-state index < -0.39 is 18.8 Å². The van der Waals surface area contributed by atoms with E-state index in [2.05, 4.69) is 0 Å². The summed E-state index contributed by atoms with van der Waals surface area (Å²) < 4.78 is 42.5. The minimum atomic E-state index is -4.20. The van der Waals surface area contributed by atoms with Crippen LogP contribution < -0.4 is 10.5 Å². The zero-order valence-corrected chi connectivity index (χ0v) is 11.8. The van der Waals surface area contributed by atoms with Gasteiger partial charge in [0, 0.05) is 12.6 Å². The molecule has 2 N–H and O–H groups in total. The van der Waals surface area contributed by atoms with E-state index in [1.54, 1.807) is 31.4 Å². The van der Waals surface area contributed by atoms with Gasteiger partial charge in [0.1, 0.15) is 5.75 Å². The maximum atomic E-state index is 12.5. The Morgan fingerprint density at radius 1 is 1.25 bits per heavy atom. The van der Waals surface area contributed by atoms with Crippen LogP contribution in [-0.2, 0) is 0 Å². The first-order chi connectivity index (χ1) is 9.35. The van der Waals surface area contributed by atoms with Gasteiger partial charge in [-0.25, -0.2) is 0 Å². The lowest BCUT2D eigenvalue weighted by molar-refractivity contribution is -0.146. The maximum absolute atomic E-state index is 12.5. The first-order valence-corrected chi connectivity index (χ1v) is 6.54. The summed E-state index contributed by atoms with van der Waals surface area (Å²) in [5.41, 5.74) is 6.79. The van der Waals surface area contributed by atoms with Crippen molar-refractivity contribution in [2.45, 2.75) is 25.6 Å². The molecule has 0 aromatic heterocycles. The lowest BCUT2D eigenvalue weighted by Crippen LogP contribution is -2.39. The molecule has 1 atom stereocenters. The molecule has 0 saturated heterocycles. The number of hydrogen-bond acceptors (Lipinski definition) is 3. The second kappa shape index (κ2) is 7.50. The molecule has 0 radical (unpaired) electrons. The Balaban J connectivity index is 2.66. The van der Waals surface area contributed by atoms with E-state index in [-0.39, 0.29) is 6.54 Å². The highest BCUT2D eigenvalue weighted by atomic mass is 19.4. The lowest BCUT2D eigenvalue weighted by atomic mass is 10.1. The average molecular weight is 290 g/mol. The van der Waals surface area contributed by atoms with Crippen molar-refractivity contribution in [3.63, 3.8) is 0 Å². The number of hydrogen-bond donors (Lipinski definition) is 1. The van der Waals surface area contributed by atoms with Crippen LogP contribution in [0.15, 0.2) is 24.3 Å². The van der Waals surface area contributed by atoms with Crippen LogP contribution >= 0.6 is 0 Å². The molecule has 0 fully saturated rings. The van der Waals surface area contributed by atoms with Gasteiger partial charge in [-0.1, -0.05) is 19.1 Å². The number of rotatable bonds is 7. The van der Waals surface area contributed by atoms with Gasteiger partial charge < -0.3 is 10.5 Å². The van der Waals surface area contributed by atoms with E-state index in [1.165, 1.54) is 4.90 Å². The zero-order chi connectivity index (χ0) is 15.2. The summed E-state index contributed by atoms with van der Waals surface area (Å²) >= 11 is 0. The molecule has 1 unspecified atom stereocenters. The second-order valence-corrected chi connectivity index (χ2v) is 4.73. The number of benzene rings is 1. The molecule has 0 amide bonds. The summed E-state index contributed by atoms with van der Waals surface area (Å²) in [4.78, 5) is 1.34. The highest BCUT2D eigenvalue weighted by Crippen LogP contribution is 2.20. The first-order valence-electron chi connectivity index (χ1n) is 6.54. The van der Waals surface area contributed by atoms with Gasteiger partial charge in [-0.05, 0) is 30.7 Å². The Kier molecular flexibility index (Phi) is 6.29. The van der Waals surface area contributed by atoms with E-state index in [0.29, 0.717) is 18.7 Å². The molecule has 0 heterocycles. The van der Waals surface area contributed by atoms with Crippen LogP contribution in [0.5, 0.6) is 5.75 Å². The Hall–Kier alpha value is -1.27. The topological polar surface area (TPSA) is 38.5 Å². The number of nitrogens with two attached hydrogens (primary N) is 1. The smallest absolute Gasteiger partial charge is 0.401 e. The number of halogens is 3. The van der Waals surface area contributed by atoms with Gasteiger partial charge >= 0.3 is 6.18 Å². The quantitative estimate of drug-likeness (QED) is 0.839. The van der Waals surface area contributed by atoms with Crippen LogP contribution in [0.25, 0.3) is 0 Å². The van der Waals surface area contributed by atoms with Gasteiger partial charge in [-0.2, -0.15) is 13.2 Å². The molecule has 1 rings (SSSR count). The summed E-state index contributed by atoms with van der Waals surface area (Å²) in [6.07, 6.45) is -3.54. The summed E-state index contributed by atoms with van der Waals surface area (Å²) in [6.45, 7) is 1.48. The molecule has 114 valence electrons. The van der Waals surface area contributed by atoms with Gasteiger partial charge in [-0.3, -0.25) is 4.90 Å². The predicted octanol–water partition coefficient (Wildman–Crippen LogP) is 2.97. The fourth-order valence-electron chi connectivity index (χ4n) is 2.04. The number of nitrogens with zero attached hydrogens (tertiary/aromatic N) is 1. The van der Waals surface area contributed by atoms with Gasteiger partial charge in [0.25, 0.3) is 0 Å². The van der Waals surface area contributed by atoms with Crippen molar-refractivity contribution in [2.24, 2.45) is 5.73 Å². The number of ether oxygens (including phenoxy) is 1. The van der Waals surface area contributed by atoms with Gasteiger partial charge in [0.05, 0.1) is 13.7 Å². The van der Waals surface area contributed by atoms with Crippen molar-refractivity contribution in [3.05, 3.63) is 29.8 Å². The average Bonchev–Trinajstić information content (AvgIpc) is 2.37. The molecule has 0 aliphatic heterocycles. The fraction of sp³-hybridized carbons (Fsp3) is 0.571. The standard InChI is InChI=1S/C14H21F3N2O/c1-3-8-19(10-14(15,16)17)9-13(18)11-4-6-12(20-2)7-5-11/h4-7,13H,3,8-10,18H2,1-2H3. The van der Waals surface area contributed by atoms with E-state index in [0.717, 1.165) is 5.56 Å². The van der Waals surface area contributed by atoms with Crippen LogP contribution in [0.2, 0.25) is 0 Å². The normalized spacial score (nSPS) is 13.6. The molecule has 20 heavy (non-hydrogen) atoms. The van der Waals surface area contributed by atoms with Gasteiger partial charge in [0.2, 0.25) is 0 Å². The molecular weight excluding hydrogens is 269 g/mol. The van der Waals surface area contributed by atoms with Crippen LogP contribution in [-0.4, -0.2) is 37.8 Å². The molecule has 0 aliphatic carbocycles. The summed E-state index contributed by atoms with van der Waals surface area (Å²) in [6, 6.07) is 6.61. The third-order valence-corrected chi connectivity index (χ3v) is 2.94. The Labute approximate surface area is 117 Å². The van der Waals surface area contributed by atoms with E-state index >= 15 is 0 Å². The largest absolute Gasteiger partial charge is 0.497 e. The van der Waals surface area contributed by atoms with Crippen molar-refractivity contribution in [1.29, 1.82) is 0 Å². The molecule has 1 aromatic carbocycles. The van der Waals surface area contributed by atoms with Crippen molar-refractivity contribution >= 4 is 0 Å². The Morgan fingerprint density at radius 3 is 2.30 bits per heavy atom. The first kappa shape index (κ1) is 16.8. The Bertz CT molecular complexity index is 392. The fourth-order valence-corrected chi connectivity index (χ4v) is 2.04. The number of methoxy groups -OCH3 is 1. The zero-order valence-electron chi connectivity index (χ0n) is 11.8. The SMILES string of the molecule is CCCN(CC(N)c1ccc(OC)cc1)CC(F)(F)F. The minimum Gasteiger partial charge on any atom is -0.497 e. The minimum absolute atomic E-state index is 0.180. The molecule has 0 spiro atoms. The van der Waals surface area contributed by atoms with Crippen molar-refractivity contribution in [2.75, 3.05) is 26.7 Å². The third-order valence-electron chi connectivity index (χ3n) is 2.94. The van der Waals surface area contributed by atoms with E-state index in [9.17, 15) is 13.2 Å². The molecule has 0 aliphatic rings. The molecular formula is C14H21F3N2O. The molecule has 1 aromatic rings.